The van der Waals surface area contributed by atoms with Gasteiger partial charge in [0, 0.05) is 24.9 Å². The highest BCUT2D eigenvalue weighted by Gasteiger charge is 2.35. The zero-order valence-corrected chi connectivity index (χ0v) is 14.3. The Kier molecular flexibility index (Phi) is 5.26. The van der Waals surface area contributed by atoms with Crippen LogP contribution in [0.2, 0.25) is 0 Å². The van der Waals surface area contributed by atoms with Crippen molar-refractivity contribution in [2.45, 2.75) is 39.7 Å². The molecule has 0 saturated carbocycles. The van der Waals surface area contributed by atoms with Crippen molar-refractivity contribution < 1.29 is 19.5 Å². The summed E-state index contributed by atoms with van der Waals surface area (Å²) in [5.41, 5.74) is 1.12. The van der Waals surface area contributed by atoms with Crippen molar-refractivity contribution in [3.05, 3.63) is 35.4 Å². The molecule has 6 heteroatoms. The highest BCUT2D eigenvalue weighted by molar-refractivity contribution is 5.86. The Labute approximate surface area is 141 Å². The van der Waals surface area contributed by atoms with Crippen molar-refractivity contribution in [2.75, 3.05) is 13.1 Å². The van der Waals surface area contributed by atoms with E-state index in [1.807, 2.05) is 12.1 Å². The maximum Gasteiger partial charge on any atom is 0.331 e. The second-order valence-corrected chi connectivity index (χ2v) is 7.03. The van der Waals surface area contributed by atoms with Gasteiger partial charge < -0.3 is 15.3 Å². The Hall–Kier alpha value is -2.37. The van der Waals surface area contributed by atoms with Crippen LogP contribution in [0.25, 0.3) is 0 Å². The van der Waals surface area contributed by atoms with Crippen molar-refractivity contribution in [1.82, 2.24) is 10.2 Å². The smallest absolute Gasteiger partial charge is 0.331 e. The van der Waals surface area contributed by atoms with Gasteiger partial charge in [-0.15, -0.1) is 0 Å². The van der Waals surface area contributed by atoms with E-state index in [9.17, 15) is 19.5 Å². The fourth-order valence-electron chi connectivity index (χ4n) is 2.79. The summed E-state index contributed by atoms with van der Waals surface area (Å²) in [6.07, 6.45) is 0.730. The van der Waals surface area contributed by atoms with Gasteiger partial charge in [0.15, 0.2) is 6.04 Å². The fourth-order valence-corrected chi connectivity index (χ4v) is 2.79. The van der Waals surface area contributed by atoms with E-state index >= 15 is 0 Å². The predicted octanol–water partition coefficient (Wildman–Crippen LogP) is 1.75. The van der Waals surface area contributed by atoms with Crippen molar-refractivity contribution in [2.24, 2.45) is 5.41 Å². The van der Waals surface area contributed by atoms with Crippen molar-refractivity contribution >= 4 is 17.8 Å². The maximum absolute atomic E-state index is 12.5. The van der Waals surface area contributed by atoms with Crippen LogP contribution in [0.5, 0.6) is 0 Å². The molecule has 1 aliphatic heterocycles. The number of carbonyl (C=O) groups is 3. The molecule has 0 bridgehead atoms. The second-order valence-electron chi connectivity index (χ2n) is 7.03. The molecule has 0 radical (unpaired) electrons. The van der Waals surface area contributed by atoms with E-state index in [0.717, 1.165) is 5.56 Å². The number of fused-ring (bicyclic) bond motifs is 1. The van der Waals surface area contributed by atoms with Gasteiger partial charge in [-0.1, -0.05) is 45.0 Å². The molecular formula is C18H24N2O4. The highest BCUT2D eigenvalue weighted by Crippen LogP contribution is 2.30. The topological polar surface area (TPSA) is 86.7 Å². The first kappa shape index (κ1) is 18.0. The van der Waals surface area contributed by atoms with Crippen LogP contribution in [-0.2, 0) is 20.8 Å². The number of nitrogens with one attached hydrogen (secondary N) is 1. The van der Waals surface area contributed by atoms with Gasteiger partial charge in [-0.05, 0) is 17.5 Å². The monoisotopic (exact) mass is 332 g/mol. The molecule has 24 heavy (non-hydrogen) atoms. The third kappa shape index (κ3) is 3.93. The Balaban J connectivity index is 2.04. The quantitative estimate of drug-likeness (QED) is 0.879. The van der Waals surface area contributed by atoms with Gasteiger partial charge >= 0.3 is 5.97 Å². The molecule has 0 aliphatic carbocycles. The Morgan fingerprint density at radius 1 is 1.25 bits per heavy atom. The molecule has 1 atom stereocenters. The van der Waals surface area contributed by atoms with Gasteiger partial charge in [0.1, 0.15) is 0 Å². The van der Waals surface area contributed by atoms with Crippen molar-refractivity contribution in [3.63, 3.8) is 0 Å². The summed E-state index contributed by atoms with van der Waals surface area (Å²) >= 11 is 0. The number of hydrogen-bond acceptors (Lipinski definition) is 3. The molecule has 1 heterocycles. The summed E-state index contributed by atoms with van der Waals surface area (Å²) < 4.78 is 0. The molecule has 0 spiro atoms. The van der Waals surface area contributed by atoms with E-state index in [-0.39, 0.29) is 24.8 Å². The van der Waals surface area contributed by atoms with Crippen LogP contribution in [-0.4, -0.2) is 40.9 Å². The van der Waals surface area contributed by atoms with Crippen LogP contribution < -0.4 is 5.32 Å². The number of carbonyl (C=O) groups excluding carboxylic acids is 2. The number of carboxylic acids is 1. The molecule has 2 amide bonds. The van der Waals surface area contributed by atoms with Crippen molar-refractivity contribution in [3.8, 4) is 0 Å². The van der Waals surface area contributed by atoms with Gasteiger partial charge in [0.2, 0.25) is 11.8 Å². The van der Waals surface area contributed by atoms with Crippen LogP contribution in [0.3, 0.4) is 0 Å². The standard InChI is InChI=1S/C18H24N2O4/c1-18(2,3)17(24)19-10-8-14(21)20-11-9-12-6-4-5-7-13(12)15(20)16(22)23/h4-7,15H,8-11H2,1-3H3,(H,19,24)(H,22,23). The van der Waals surface area contributed by atoms with Crippen molar-refractivity contribution in [1.29, 1.82) is 0 Å². The van der Waals surface area contributed by atoms with Gasteiger partial charge in [0.25, 0.3) is 0 Å². The molecule has 2 N–H and O–H groups in total. The molecule has 1 aliphatic rings. The first-order chi connectivity index (χ1) is 11.2. The summed E-state index contributed by atoms with van der Waals surface area (Å²) in [6, 6.07) is 6.36. The molecule has 0 saturated heterocycles. The van der Waals surface area contributed by atoms with E-state index in [4.69, 9.17) is 0 Å². The van der Waals surface area contributed by atoms with Crippen LogP contribution in [0.4, 0.5) is 0 Å². The summed E-state index contributed by atoms with van der Waals surface area (Å²) in [5, 5.41) is 12.3. The van der Waals surface area contributed by atoms with Gasteiger partial charge in [-0.2, -0.15) is 0 Å². The van der Waals surface area contributed by atoms with E-state index in [0.29, 0.717) is 18.5 Å². The number of amides is 2. The third-order valence-electron chi connectivity index (χ3n) is 4.14. The average molecular weight is 332 g/mol. The highest BCUT2D eigenvalue weighted by atomic mass is 16.4. The molecule has 2 rings (SSSR count). The van der Waals surface area contributed by atoms with Crippen LogP contribution in [0.15, 0.2) is 24.3 Å². The number of benzene rings is 1. The summed E-state index contributed by atoms with van der Waals surface area (Å²) in [6.45, 7) is 5.98. The molecule has 0 aromatic heterocycles. The Morgan fingerprint density at radius 2 is 1.92 bits per heavy atom. The van der Waals surface area contributed by atoms with Crippen LogP contribution in [0, 0.1) is 5.41 Å². The normalized spacial score (nSPS) is 17.1. The van der Waals surface area contributed by atoms with E-state index in [2.05, 4.69) is 5.32 Å². The molecule has 1 aromatic carbocycles. The summed E-state index contributed by atoms with van der Waals surface area (Å²) in [7, 11) is 0. The maximum atomic E-state index is 12.5. The molecule has 130 valence electrons. The van der Waals surface area contributed by atoms with Gasteiger partial charge in [0.05, 0.1) is 0 Å². The van der Waals surface area contributed by atoms with E-state index in [1.165, 1.54) is 4.90 Å². The number of rotatable bonds is 4. The van der Waals surface area contributed by atoms with Crippen LogP contribution >= 0.6 is 0 Å². The number of aliphatic carboxylic acids is 1. The van der Waals surface area contributed by atoms with Gasteiger partial charge in [-0.25, -0.2) is 4.79 Å². The van der Waals surface area contributed by atoms with Gasteiger partial charge in [-0.3, -0.25) is 9.59 Å². The first-order valence-electron chi connectivity index (χ1n) is 8.10. The molecular weight excluding hydrogens is 308 g/mol. The SMILES string of the molecule is CC(C)(C)C(=O)NCCC(=O)N1CCc2ccccc2C1C(=O)O. The molecule has 1 aromatic rings. The zero-order valence-electron chi connectivity index (χ0n) is 14.3. The molecule has 0 fully saturated rings. The summed E-state index contributed by atoms with van der Waals surface area (Å²) in [5.74, 6) is -1.42. The van der Waals surface area contributed by atoms with E-state index < -0.39 is 17.4 Å². The lowest BCUT2D eigenvalue weighted by atomic mass is 9.92. The predicted molar refractivity (Wildman–Crippen MR) is 89.3 cm³/mol. The number of hydrogen-bond donors (Lipinski definition) is 2. The Bertz CT molecular complexity index is 649. The molecule has 6 nitrogen and oxygen atoms in total. The lowest BCUT2D eigenvalue weighted by molar-refractivity contribution is -0.151. The number of nitrogens with zero attached hydrogens (tertiary/aromatic N) is 1. The average Bonchev–Trinajstić information content (AvgIpc) is 2.52. The lowest BCUT2D eigenvalue weighted by Gasteiger charge is -2.35. The van der Waals surface area contributed by atoms with Crippen LogP contribution in [0.1, 0.15) is 44.4 Å². The number of carboxylic acid groups (broad SMARTS) is 1. The van der Waals surface area contributed by atoms with E-state index in [1.54, 1.807) is 32.9 Å². The minimum Gasteiger partial charge on any atom is -0.479 e. The summed E-state index contributed by atoms with van der Waals surface area (Å²) in [4.78, 5) is 37.4. The first-order valence-corrected chi connectivity index (χ1v) is 8.10. The minimum atomic E-state index is -1.03. The zero-order chi connectivity index (χ0) is 17.9. The minimum absolute atomic E-state index is 0.0910. The second kappa shape index (κ2) is 7.03. The largest absolute Gasteiger partial charge is 0.479 e. The fraction of sp³-hybridized carbons (Fsp3) is 0.500. The third-order valence-corrected chi connectivity index (χ3v) is 4.14. The Morgan fingerprint density at radius 3 is 2.54 bits per heavy atom. The lowest BCUT2D eigenvalue weighted by Crippen LogP contribution is -2.45. The molecule has 1 unspecified atom stereocenters.